The number of hydrogen-bond donors (Lipinski definition) is 4. The molecule has 31 heavy (non-hydrogen) atoms. The zero-order chi connectivity index (χ0) is 20.8. The first-order chi connectivity index (χ1) is 14.7. The molecule has 0 spiro atoms. The highest BCUT2D eigenvalue weighted by Crippen LogP contribution is 2.19. The average Bonchev–Trinajstić information content (AvgIpc) is 3.34. The Morgan fingerprint density at radius 2 is 1.97 bits per heavy atom. The van der Waals surface area contributed by atoms with Crippen LogP contribution in [-0.4, -0.2) is 40.5 Å². The first kappa shape index (κ1) is 23.1. The van der Waals surface area contributed by atoms with Gasteiger partial charge in [-0.15, -0.1) is 24.0 Å². The molecule has 0 aliphatic heterocycles. The summed E-state index contributed by atoms with van der Waals surface area (Å²) in [5, 5.41) is 7.73. The summed E-state index contributed by atoms with van der Waals surface area (Å²) in [6, 6.07) is 12.9. The van der Waals surface area contributed by atoms with Crippen molar-refractivity contribution in [2.24, 2.45) is 4.99 Å². The number of aryl methyl sites for hydroxylation is 1. The minimum absolute atomic E-state index is 0. The lowest BCUT2D eigenvalue weighted by Gasteiger charge is -2.11. The van der Waals surface area contributed by atoms with Crippen LogP contribution in [0, 0.1) is 5.82 Å². The summed E-state index contributed by atoms with van der Waals surface area (Å²) in [7, 11) is 0. The Bertz CT molecular complexity index is 1120. The van der Waals surface area contributed by atoms with Crippen LogP contribution in [0.15, 0.2) is 53.7 Å². The van der Waals surface area contributed by atoms with Crippen LogP contribution in [0.4, 0.5) is 4.39 Å². The van der Waals surface area contributed by atoms with E-state index < -0.39 is 0 Å². The first-order valence-corrected chi connectivity index (χ1v) is 10.4. The van der Waals surface area contributed by atoms with Crippen LogP contribution in [0.2, 0.25) is 0 Å². The summed E-state index contributed by atoms with van der Waals surface area (Å²) in [4.78, 5) is 15.8. The summed E-state index contributed by atoms with van der Waals surface area (Å²) in [6.45, 7) is 4.33. The van der Waals surface area contributed by atoms with Crippen LogP contribution < -0.4 is 10.6 Å². The van der Waals surface area contributed by atoms with E-state index >= 15 is 0 Å². The number of aromatic nitrogens is 3. The van der Waals surface area contributed by atoms with E-state index in [1.807, 2.05) is 36.5 Å². The van der Waals surface area contributed by atoms with Crippen LogP contribution in [-0.2, 0) is 12.8 Å². The first-order valence-electron chi connectivity index (χ1n) is 10.4. The van der Waals surface area contributed by atoms with Gasteiger partial charge >= 0.3 is 0 Å². The van der Waals surface area contributed by atoms with E-state index in [1.165, 1.54) is 17.7 Å². The molecule has 0 radical (unpaired) electrons. The minimum Gasteiger partial charge on any atom is -0.361 e. The van der Waals surface area contributed by atoms with Crippen molar-refractivity contribution in [2.75, 3.05) is 19.6 Å². The number of imidazole rings is 1. The molecule has 164 valence electrons. The summed E-state index contributed by atoms with van der Waals surface area (Å²) in [5.41, 5.74) is 4.08. The molecule has 4 aromatic rings. The lowest BCUT2D eigenvalue weighted by atomic mass is 10.1. The molecule has 0 amide bonds. The molecule has 0 aliphatic carbocycles. The van der Waals surface area contributed by atoms with E-state index in [1.54, 1.807) is 0 Å². The maximum absolute atomic E-state index is 13.3. The summed E-state index contributed by atoms with van der Waals surface area (Å²) in [5.74, 6) is 1.59. The summed E-state index contributed by atoms with van der Waals surface area (Å²) in [6.07, 6.45) is 4.56. The second kappa shape index (κ2) is 11.1. The van der Waals surface area contributed by atoms with Gasteiger partial charge in [0.1, 0.15) is 11.6 Å². The van der Waals surface area contributed by atoms with Gasteiger partial charge in [-0.1, -0.05) is 12.1 Å². The second-order valence-electron chi connectivity index (χ2n) is 7.25. The molecule has 0 atom stereocenters. The number of benzene rings is 2. The molecular formula is C23H28FIN6. The largest absolute Gasteiger partial charge is 0.361 e. The van der Waals surface area contributed by atoms with Gasteiger partial charge < -0.3 is 20.6 Å². The number of nitrogens with zero attached hydrogens (tertiary/aromatic N) is 2. The van der Waals surface area contributed by atoms with Crippen LogP contribution >= 0.6 is 24.0 Å². The van der Waals surface area contributed by atoms with Gasteiger partial charge in [0.05, 0.1) is 11.0 Å². The third-order valence-electron chi connectivity index (χ3n) is 5.04. The molecule has 0 saturated heterocycles. The molecule has 0 aliphatic rings. The Morgan fingerprint density at radius 1 is 1.10 bits per heavy atom. The molecular weight excluding hydrogens is 506 g/mol. The van der Waals surface area contributed by atoms with Crippen LogP contribution in [0.5, 0.6) is 0 Å². The van der Waals surface area contributed by atoms with Crippen molar-refractivity contribution in [2.45, 2.75) is 26.2 Å². The molecule has 2 aromatic carbocycles. The van der Waals surface area contributed by atoms with Crippen LogP contribution in [0.3, 0.4) is 0 Å². The molecule has 8 heteroatoms. The Kier molecular flexibility index (Phi) is 8.27. The second-order valence-corrected chi connectivity index (χ2v) is 7.25. The molecule has 0 unspecified atom stereocenters. The SMILES string of the molecule is CCNC(=NCCCc1nc2ccccc2[nH]1)NCCc1c[nH]c2cc(F)ccc12.I. The third-order valence-corrected chi connectivity index (χ3v) is 5.04. The Morgan fingerprint density at radius 3 is 2.81 bits per heavy atom. The minimum atomic E-state index is -0.224. The van der Waals surface area contributed by atoms with Crippen molar-refractivity contribution in [3.63, 3.8) is 0 Å². The smallest absolute Gasteiger partial charge is 0.191 e. The number of aromatic amines is 2. The van der Waals surface area contributed by atoms with Gasteiger partial charge in [-0.3, -0.25) is 4.99 Å². The third kappa shape index (κ3) is 5.96. The lowest BCUT2D eigenvalue weighted by molar-refractivity contribution is 0.629. The van der Waals surface area contributed by atoms with E-state index in [0.717, 1.165) is 72.6 Å². The van der Waals surface area contributed by atoms with Gasteiger partial charge in [0.15, 0.2) is 5.96 Å². The zero-order valence-corrected chi connectivity index (χ0v) is 19.9. The predicted molar refractivity (Wildman–Crippen MR) is 136 cm³/mol. The van der Waals surface area contributed by atoms with E-state index in [9.17, 15) is 4.39 Å². The Labute approximate surface area is 198 Å². The highest BCUT2D eigenvalue weighted by molar-refractivity contribution is 14.0. The standard InChI is InChI=1S/C23H27FN6.HI/c1-2-25-23(26-12-5-8-22-29-19-6-3-4-7-20(19)30-22)27-13-11-16-15-28-21-14-17(24)9-10-18(16)21;/h3-4,6-7,9-10,14-15,28H,2,5,8,11-13H2,1H3,(H,29,30)(H2,25,26,27);1H. The molecule has 2 aromatic heterocycles. The van der Waals surface area contributed by atoms with E-state index in [0.29, 0.717) is 0 Å². The number of halogens is 2. The normalized spacial score (nSPS) is 11.6. The quantitative estimate of drug-likeness (QED) is 0.116. The van der Waals surface area contributed by atoms with Gasteiger partial charge in [-0.25, -0.2) is 9.37 Å². The fourth-order valence-corrected chi connectivity index (χ4v) is 3.58. The maximum Gasteiger partial charge on any atom is 0.191 e. The van der Waals surface area contributed by atoms with E-state index in [-0.39, 0.29) is 29.8 Å². The fourth-order valence-electron chi connectivity index (χ4n) is 3.58. The molecule has 0 saturated carbocycles. The zero-order valence-electron chi connectivity index (χ0n) is 17.5. The van der Waals surface area contributed by atoms with Crippen LogP contribution in [0.1, 0.15) is 24.7 Å². The number of nitrogens with one attached hydrogen (secondary N) is 4. The number of hydrogen-bond acceptors (Lipinski definition) is 2. The topological polar surface area (TPSA) is 80.9 Å². The van der Waals surface area contributed by atoms with Gasteiger partial charge in [0, 0.05) is 43.2 Å². The van der Waals surface area contributed by atoms with Gasteiger partial charge in [-0.2, -0.15) is 0 Å². The molecule has 4 rings (SSSR count). The number of para-hydroxylation sites is 2. The van der Waals surface area contributed by atoms with Gasteiger partial charge in [0.2, 0.25) is 0 Å². The van der Waals surface area contributed by atoms with Crippen molar-refractivity contribution in [1.29, 1.82) is 0 Å². The Balaban J connectivity index is 0.00000272. The predicted octanol–water partition coefficient (Wildman–Crippen LogP) is 4.53. The molecule has 6 nitrogen and oxygen atoms in total. The molecule has 2 heterocycles. The van der Waals surface area contributed by atoms with Gasteiger partial charge in [0.25, 0.3) is 0 Å². The number of H-pyrrole nitrogens is 2. The van der Waals surface area contributed by atoms with Crippen LogP contribution in [0.25, 0.3) is 21.9 Å². The Hall–Kier alpha value is -2.62. The summed E-state index contributed by atoms with van der Waals surface area (Å²) >= 11 is 0. The number of fused-ring (bicyclic) bond motifs is 2. The highest BCUT2D eigenvalue weighted by atomic mass is 127. The summed E-state index contributed by atoms with van der Waals surface area (Å²) < 4.78 is 13.3. The van der Waals surface area contributed by atoms with Crippen molar-refractivity contribution in [3.05, 3.63) is 65.9 Å². The fraction of sp³-hybridized carbons (Fsp3) is 0.304. The van der Waals surface area contributed by atoms with Gasteiger partial charge in [-0.05, 0) is 55.7 Å². The number of guanidine groups is 1. The molecule has 4 N–H and O–H groups in total. The van der Waals surface area contributed by atoms with Crippen molar-refractivity contribution >= 4 is 51.9 Å². The highest BCUT2D eigenvalue weighted by Gasteiger charge is 2.06. The van der Waals surface area contributed by atoms with Crippen molar-refractivity contribution in [3.8, 4) is 0 Å². The molecule has 0 bridgehead atoms. The number of rotatable bonds is 8. The van der Waals surface area contributed by atoms with Crippen molar-refractivity contribution in [1.82, 2.24) is 25.6 Å². The van der Waals surface area contributed by atoms with E-state index in [4.69, 9.17) is 0 Å². The average molecular weight is 534 g/mol. The lowest BCUT2D eigenvalue weighted by Crippen LogP contribution is -2.38. The van der Waals surface area contributed by atoms with E-state index in [2.05, 4.69) is 37.5 Å². The molecule has 0 fully saturated rings. The van der Waals surface area contributed by atoms with Crippen molar-refractivity contribution < 1.29 is 4.39 Å². The monoisotopic (exact) mass is 534 g/mol. The maximum atomic E-state index is 13.3. The number of aliphatic imine (C=N–C) groups is 1.